The van der Waals surface area contributed by atoms with E-state index in [9.17, 15) is 9.90 Å². The van der Waals surface area contributed by atoms with Crippen LogP contribution in [0.5, 0.6) is 5.75 Å². The number of aliphatic hydroxyl groups is 1. The maximum atomic E-state index is 12.3. The molecule has 3 rings (SSSR count). The van der Waals surface area contributed by atoms with Crippen molar-refractivity contribution < 1.29 is 14.6 Å². The third kappa shape index (κ3) is 6.10. The zero-order valence-corrected chi connectivity index (χ0v) is 16.8. The second kappa shape index (κ2) is 10.7. The zero-order chi connectivity index (χ0) is 16.9. The molecule has 1 fully saturated rings. The van der Waals surface area contributed by atoms with Crippen molar-refractivity contribution in [2.24, 2.45) is 5.92 Å². The van der Waals surface area contributed by atoms with Crippen molar-refractivity contribution in [3.63, 3.8) is 0 Å². The van der Waals surface area contributed by atoms with Crippen LogP contribution in [0.15, 0.2) is 29.6 Å². The second-order valence-electron chi connectivity index (χ2n) is 5.87. The standard InChI is InChI=1S/C17H21N3O3S.2ClH/c1-11-20-14(10-24-11)9-23-15-4-2-3-12(5-15)17(22)19-7-13-6-18-8-16(13)21;;/h2-5,10,13,16,18,21H,6-9H2,1H3,(H,19,22);2*1H. The number of aromatic nitrogens is 1. The topological polar surface area (TPSA) is 83.5 Å². The first-order valence-electron chi connectivity index (χ1n) is 7.92. The van der Waals surface area contributed by atoms with E-state index >= 15 is 0 Å². The van der Waals surface area contributed by atoms with E-state index in [0.717, 1.165) is 17.2 Å². The lowest BCUT2D eigenvalue weighted by molar-refractivity contribution is 0.0926. The minimum absolute atomic E-state index is 0. The van der Waals surface area contributed by atoms with Gasteiger partial charge in [0.25, 0.3) is 5.91 Å². The third-order valence-corrected chi connectivity index (χ3v) is 4.80. The molecule has 0 saturated carbocycles. The molecule has 0 spiro atoms. The fraction of sp³-hybridized carbons (Fsp3) is 0.412. The number of benzene rings is 1. The van der Waals surface area contributed by atoms with Crippen LogP contribution in [-0.2, 0) is 6.61 Å². The minimum Gasteiger partial charge on any atom is -0.487 e. The van der Waals surface area contributed by atoms with Gasteiger partial charge >= 0.3 is 0 Å². The molecular weight excluding hydrogens is 397 g/mol. The van der Waals surface area contributed by atoms with Crippen LogP contribution < -0.4 is 15.4 Å². The van der Waals surface area contributed by atoms with Crippen molar-refractivity contribution >= 4 is 42.1 Å². The van der Waals surface area contributed by atoms with Gasteiger partial charge in [0.05, 0.1) is 16.8 Å². The Morgan fingerprint density at radius 2 is 2.23 bits per heavy atom. The molecule has 9 heteroatoms. The minimum atomic E-state index is -0.401. The fourth-order valence-electron chi connectivity index (χ4n) is 2.61. The summed E-state index contributed by atoms with van der Waals surface area (Å²) in [5, 5.41) is 18.7. The lowest BCUT2D eigenvalue weighted by Gasteiger charge is -2.14. The Bertz CT molecular complexity index is 714. The van der Waals surface area contributed by atoms with Gasteiger partial charge < -0.3 is 20.5 Å². The Balaban J connectivity index is 0.00000169. The van der Waals surface area contributed by atoms with E-state index in [1.165, 1.54) is 0 Å². The van der Waals surface area contributed by atoms with Crippen molar-refractivity contribution in [3.05, 3.63) is 45.9 Å². The van der Waals surface area contributed by atoms with Crippen LogP contribution in [0.3, 0.4) is 0 Å². The van der Waals surface area contributed by atoms with Gasteiger partial charge in [0, 0.05) is 36.5 Å². The number of β-amino-alcohol motifs (C(OH)–C–C–N with tert-alkyl or cyclic N) is 1. The molecule has 2 unspecified atom stereocenters. The van der Waals surface area contributed by atoms with E-state index in [4.69, 9.17) is 4.74 Å². The van der Waals surface area contributed by atoms with Gasteiger partial charge in [-0.1, -0.05) is 6.07 Å². The number of hydrogen-bond donors (Lipinski definition) is 3. The maximum absolute atomic E-state index is 12.3. The smallest absolute Gasteiger partial charge is 0.251 e. The number of ether oxygens (including phenoxy) is 1. The monoisotopic (exact) mass is 419 g/mol. The summed E-state index contributed by atoms with van der Waals surface area (Å²) in [6.45, 7) is 4.10. The lowest BCUT2D eigenvalue weighted by atomic mass is 10.1. The van der Waals surface area contributed by atoms with E-state index in [1.54, 1.807) is 29.5 Å². The van der Waals surface area contributed by atoms with Crippen LogP contribution >= 0.6 is 36.2 Å². The SMILES string of the molecule is Cc1nc(COc2cccc(C(=O)NCC3CNCC3O)c2)cs1.Cl.Cl. The second-order valence-corrected chi connectivity index (χ2v) is 6.93. The van der Waals surface area contributed by atoms with E-state index in [1.807, 2.05) is 18.4 Å². The van der Waals surface area contributed by atoms with Gasteiger partial charge in [0.1, 0.15) is 12.4 Å². The lowest BCUT2D eigenvalue weighted by Crippen LogP contribution is -2.34. The Kier molecular flexibility index (Phi) is 9.32. The normalized spacial score (nSPS) is 18.5. The van der Waals surface area contributed by atoms with Crippen molar-refractivity contribution in [2.45, 2.75) is 19.6 Å². The number of carbonyl (C=O) groups is 1. The average molecular weight is 420 g/mol. The van der Waals surface area contributed by atoms with Crippen molar-refractivity contribution in [1.82, 2.24) is 15.6 Å². The number of aliphatic hydroxyl groups excluding tert-OH is 1. The first-order valence-corrected chi connectivity index (χ1v) is 8.80. The Hall–Kier alpha value is -1.38. The van der Waals surface area contributed by atoms with Gasteiger partial charge in [-0.25, -0.2) is 4.98 Å². The molecule has 0 bridgehead atoms. The summed E-state index contributed by atoms with van der Waals surface area (Å²) in [6, 6.07) is 7.08. The average Bonchev–Trinajstić information content (AvgIpc) is 3.19. The summed E-state index contributed by atoms with van der Waals surface area (Å²) in [7, 11) is 0. The summed E-state index contributed by atoms with van der Waals surface area (Å²) in [5.41, 5.74) is 1.43. The molecule has 1 amide bonds. The molecule has 3 N–H and O–H groups in total. The zero-order valence-electron chi connectivity index (χ0n) is 14.3. The van der Waals surface area contributed by atoms with Crippen LogP contribution in [0.25, 0.3) is 0 Å². The predicted molar refractivity (Wildman–Crippen MR) is 107 cm³/mol. The molecule has 0 radical (unpaired) electrons. The molecule has 26 heavy (non-hydrogen) atoms. The summed E-state index contributed by atoms with van der Waals surface area (Å²) < 4.78 is 5.71. The first-order chi connectivity index (χ1) is 11.6. The molecule has 2 atom stereocenters. The third-order valence-electron chi connectivity index (χ3n) is 3.98. The number of nitrogens with one attached hydrogen (secondary N) is 2. The molecule has 1 aromatic carbocycles. The summed E-state index contributed by atoms with van der Waals surface area (Å²) in [6.07, 6.45) is -0.401. The van der Waals surface area contributed by atoms with Crippen molar-refractivity contribution in [1.29, 1.82) is 0 Å². The summed E-state index contributed by atoms with van der Waals surface area (Å²) in [5.74, 6) is 0.529. The molecule has 1 aliphatic rings. The molecule has 2 heterocycles. The molecule has 144 valence electrons. The van der Waals surface area contributed by atoms with Gasteiger partial charge in [-0.15, -0.1) is 36.2 Å². The maximum Gasteiger partial charge on any atom is 0.251 e. The van der Waals surface area contributed by atoms with Gasteiger partial charge in [-0.3, -0.25) is 4.79 Å². The van der Waals surface area contributed by atoms with Gasteiger partial charge in [0.15, 0.2) is 0 Å². The van der Waals surface area contributed by atoms with E-state index in [-0.39, 0.29) is 36.6 Å². The molecular formula is C17H23Cl2N3O3S. The molecule has 0 aliphatic carbocycles. The Morgan fingerprint density at radius 1 is 1.42 bits per heavy atom. The van der Waals surface area contributed by atoms with Crippen LogP contribution in [0.2, 0.25) is 0 Å². The number of amides is 1. The van der Waals surface area contributed by atoms with Crippen LogP contribution in [-0.4, -0.2) is 41.7 Å². The predicted octanol–water partition coefficient (Wildman–Crippen LogP) is 2.18. The number of aryl methyl sites for hydroxylation is 1. The first kappa shape index (κ1) is 22.7. The molecule has 6 nitrogen and oxygen atoms in total. The molecule has 1 aliphatic heterocycles. The summed E-state index contributed by atoms with van der Waals surface area (Å²) >= 11 is 1.59. The van der Waals surface area contributed by atoms with E-state index in [2.05, 4.69) is 15.6 Å². The highest BCUT2D eigenvalue weighted by atomic mass is 35.5. The van der Waals surface area contributed by atoms with Gasteiger partial charge in [-0.2, -0.15) is 0 Å². The van der Waals surface area contributed by atoms with Crippen LogP contribution in [0, 0.1) is 12.8 Å². The van der Waals surface area contributed by atoms with Gasteiger partial charge in [-0.05, 0) is 25.1 Å². The molecule has 1 saturated heterocycles. The molecule has 2 aromatic rings. The highest BCUT2D eigenvalue weighted by molar-refractivity contribution is 7.09. The van der Waals surface area contributed by atoms with Gasteiger partial charge in [0.2, 0.25) is 0 Å². The number of thiazole rings is 1. The van der Waals surface area contributed by atoms with E-state index < -0.39 is 6.10 Å². The highest BCUT2D eigenvalue weighted by Crippen LogP contribution is 2.16. The summed E-state index contributed by atoms with van der Waals surface area (Å²) in [4.78, 5) is 16.6. The Morgan fingerprint density at radius 3 is 2.88 bits per heavy atom. The molecule has 1 aromatic heterocycles. The Labute approximate surface area is 169 Å². The number of carbonyl (C=O) groups excluding carboxylic acids is 1. The quantitative estimate of drug-likeness (QED) is 0.668. The highest BCUT2D eigenvalue weighted by Gasteiger charge is 2.25. The van der Waals surface area contributed by atoms with Crippen LogP contribution in [0.1, 0.15) is 21.1 Å². The number of nitrogens with zero attached hydrogens (tertiary/aromatic N) is 1. The number of halogens is 2. The largest absolute Gasteiger partial charge is 0.487 e. The van der Waals surface area contributed by atoms with Crippen LogP contribution in [0.4, 0.5) is 0 Å². The van der Waals surface area contributed by atoms with E-state index in [0.29, 0.717) is 31.0 Å². The number of hydrogen-bond acceptors (Lipinski definition) is 6. The number of rotatable bonds is 6. The fourth-order valence-corrected chi connectivity index (χ4v) is 3.21. The van der Waals surface area contributed by atoms with Crippen molar-refractivity contribution in [2.75, 3.05) is 19.6 Å². The van der Waals surface area contributed by atoms with Crippen molar-refractivity contribution in [3.8, 4) is 5.75 Å².